The number of anilines is 1. The maximum absolute atomic E-state index is 12.2. The first-order valence-electron chi connectivity index (χ1n) is 6.19. The van der Waals surface area contributed by atoms with Crippen molar-refractivity contribution in [3.63, 3.8) is 0 Å². The van der Waals surface area contributed by atoms with E-state index < -0.39 is 22.1 Å². The third kappa shape index (κ3) is 3.53. The van der Waals surface area contributed by atoms with Gasteiger partial charge in [-0.15, -0.1) is 0 Å². The molecule has 1 aromatic carbocycles. The summed E-state index contributed by atoms with van der Waals surface area (Å²) in [5.74, 6) is -2.10. The molecule has 0 spiro atoms. The Balaban J connectivity index is 2.14. The summed E-state index contributed by atoms with van der Waals surface area (Å²) in [5.41, 5.74) is -0.113. The third-order valence-electron chi connectivity index (χ3n) is 3.07. The molecule has 0 aliphatic carbocycles. The summed E-state index contributed by atoms with van der Waals surface area (Å²) in [7, 11) is -3.61. The number of nitrogens with one attached hydrogen (secondary N) is 1. The van der Waals surface area contributed by atoms with E-state index >= 15 is 0 Å². The van der Waals surface area contributed by atoms with Crippen LogP contribution in [0.15, 0.2) is 29.2 Å². The van der Waals surface area contributed by atoms with Crippen molar-refractivity contribution in [2.24, 2.45) is 0 Å². The second kappa shape index (κ2) is 5.64. The third-order valence-corrected chi connectivity index (χ3v) is 4.99. The minimum atomic E-state index is -4.99. The summed E-state index contributed by atoms with van der Waals surface area (Å²) in [6.45, 7) is 0.879. The van der Waals surface area contributed by atoms with Crippen molar-refractivity contribution in [3.8, 4) is 0 Å². The molecule has 21 heavy (non-hydrogen) atoms. The van der Waals surface area contributed by atoms with Crippen LogP contribution in [0, 0.1) is 0 Å². The molecule has 0 aromatic heterocycles. The second-order valence-electron chi connectivity index (χ2n) is 4.59. The van der Waals surface area contributed by atoms with Gasteiger partial charge in [-0.2, -0.15) is 17.5 Å². The SMILES string of the molecule is O=C(Nc1ccc(S(=O)(=O)N2CCCC2)cc1)C(F)(F)F. The van der Waals surface area contributed by atoms with Crippen molar-refractivity contribution in [2.45, 2.75) is 23.9 Å². The number of alkyl halides is 3. The minimum Gasteiger partial charge on any atom is -0.318 e. The van der Waals surface area contributed by atoms with Gasteiger partial charge in [0.15, 0.2) is 0 Å². The largest absolute Gasteiger partial charge is 0.471 e. The highest BCUT2D eigenvalue weighted by Crippen LogP contribution is 2.23. The molecule has 116 valence electrons. The summed E-state index contributed by atoms with van der Waals surface area (Å²) in [6.07, 6.45) is -3.40. The first-order valence-corrected chi connectivity index (χ1v) is 7.63. The number of nitrogens with zero attached hydrogens (tertiary/aromatic N) is 1. The summed E-state index contributed by atoms with van der Waals surface area (Å²) in [5, 5.41) is 1.66. The number of hydrogen-bond donors (Lipinski definition) is 1. The number of hydrogen-bond acceptors (Lipinski definition) is 3. The summed E-state index contributed by atoms with van der Waals surface area (Å²) in [4.78, 5) is 10.8. The average molecular weight is 322 g/mol. The van der Waals surface area contributed by atoms with Gasteiger partial charge in [-0.3, -0.25) is 4.79 Å². The maximum Gasteiger partial charge on any atom is 0.471 e. The van der Waals surface area contributed by atoms with Gasteiger partial charge in [0.25, 0.3) is 0 Å². The fourth-order valence-electron chi connectivity index (χ4n) is 1.99. The summed E-state index contributed by atoms with van der Waals surface area (Å²) < 4.78 is 62.0. The van der Waals surface area contributed by atoms with E-state index in [0.29, 0.717) is 13.1 Å². The molecule has 5 nitrogen and oxygen atoms in total. The van der Waals surface area contributed by atoms with Crippen molar-refractivity contribution in [3.05, 3.63) is 24.3 Å². The lowest BCUT2D eigenvalue weighted by molar-refractivity contribution is -0.167. The number of sulfonamides is 1. The van der Waals surface area contributed by atoms with Crippen LogP contribution >= 0.6 is 0 Å². The lowest BCUT2D eigenvalue weighted by Crippen LogP contribution is -2.30. The van der Waals surface area contributed by atoms with Gasteiger partial charge in [-0.25, -0.2) is 8.42 Å². The van der Waals surface area contributed by atoms with Crippen molar-refractivity contribution in [1.29, 1.82) is 0 Å². The number of halogens is 3. The van der Waals surface area contributed by atoms with Crippen LogP contribution in [0.1, 0.15) is 12.8 Å². The van der Waals surface area contributed by atoms with E-state index in [1.165, 1.54) is 16.4 Å². The van der Waals surface area contributed by atoms with Gasteiger partial charge in [-0.05, 0) is 37.1 Å². The molecule has 1 amide bonds. The molecule has 9 heteroatoms. The topological polar surface area (TPSA) is 66.5 Å². The molecule has 1 heterocycles. The van der Waals surface area contributed by atoms with Gasteiger partial charge in [0.1, 0.15) is 0 Å². The van der Waals surface area contributed by atoms with E-state index in [1.807, 2.05) is 0 Å². The van der Waals surface area contributed by atoms with Gasteiger partial charge in [0.2, 0.25) is 10.0 Å². The molecule has 0 atom stereocenters. The number of amides is 1. The zero-order valence-electron chi connectivity index (χ0n) is 10.9. The van der Waals surface area contributed by atoms with E-state index in [9.17, 15) is 26.4 Å². The predicted octanol–water partition coefficient (Wildman–Crippen LogP) is 1.97. The molecular weight excluding hydrogens is 309 g/mol. The molecule has 1 N–H and O–H groups in total. The van der Waals surface area contributed by atoms with Crippen LogP contribution in [0.5, 0.6) is 0 Å². The minimum absolute atomic E-state index is 0.00518. The van der Waals surface area contributed by atoms with Gasteiger partial charge in [-0.1, -0.05) is 0 Å². The molecule has 1 fully saturated rings. The van der Waals surface area contributed by atoms with E-state index in [2.05, 4.69) is 0 Å². The highest BCUT2D eigenvalue weighted by molar-refractivity contribution is 7.89. The number of rotatable bonds is 3. The zero-order valence-corrected chi connectivity index (χ0v) is 11.7. The van der Waals surface area contributed by atoms with E-state index in [1.54, 1.807) is 5.32 Å². The zero-order chi connectivity index (χ0) is 15.7. The molecule has 1 saturated heterocycles. The highest BCUT2D eigenvalue weighted by Gasteiger charge is 2.38. The van der Waals surface area contributed by atoms with Gasteiger partial charge in [0.05, 0.1) is 4.90 Å². The fourth-order valence-corrected chi connectivity index (χ4v) is 3.51. The quantitative estimate of drug-likeness (QED) is 0.925. The fraction of sp³-hybridized carbons (Fsp3) is 0.417. The van der Waals surface area contributed by atoms with Gasteiger partial charge < -0.3 is 5.32 Å². The molecule has 0 bridgehead atoms. The Morgan fingerprint density at radius 2 is 1.62 bits per heavy atom. The summed E-state index contributed by atoms with van der Waals surface area (Å²) >= 11 is 0. The van der Waals surface area contributed by atoms with Crippen LogP contribution in [-0.4, -0.2) is 37.9 Å². The standard InChI is InChI=1S/C12H13F3N2O3S/c13-12(14,15)11(18)16-9-3-5-10(6-4-9)21(19,20)17-7-1-2-8-17/h3-6H,1-2,7-8H2,(H,16,18). The lowest BCUT2D eigenvalue weighted by atomic mass is 10.3. The molecular formula is C12H13F3N2O3S. The van der Waals surface area contributed by atoms with Crippen molar-refractivity contribution >= 4 is 21.6 Å². The molecule has 1 aliphatic heterocycles. The van der Waals surface area contributed by atoms with Crippen molar-refractivity contribution < 1.29 is 26.4 Å². The van der Waals surface area contributed by atoms with Gasteiger partial charge in [0, 0.05) is 18.8 Å². The lowest BCUT2D eigenvalue weighted by Gasteiger charge is -2.15. The first-order chi connectivity index (χ1) is 9.71. The molecule has 2 rings (SSSR count). The van der Waals surface area contributed by atoms with Crippen molar-refractivity contribution in [2.75, 3.05) is 18.4 Å². The van der Waals surface area contributed by atoms with Crippen LogP contribution < -0.4 is 5.32 Å². The van der Waals surface area contributed by atoms with E-state index in [4.69, 9.17) is 0 Å². The number of carbonyl (C=O) groups excluding carboxylic acids is 1. The Labute approximate surface area is 119 Å². The van der Waals surface area contributed by atoms with Crippen LogP contribution in [0.3, 0.4) is 0 Å². The van der Waals surface area contributed by atoms with Gasteiger partial charge >= 0.3 is 12.1 Å². The Hall–Kier alpha value is -1.61. The van der Waals surface area contributed by atoms with Crippen LogP contribution in [0.4, 0.5) is 18.9 Å². The summed E-state index contributed by atoms with van der Waals surface area (Å²) in [6, 6.07) is 4.62. The average Bonchev–Trinajstić information content (AvgIpc) is 2.92. The van der Waals surface area contributed by atoms with Crippen molar-refractivity contribution in [1.82, 2.24) is 4.31 Å². The van der Waals surface area contributed by atoms with E-state index in [0.717, 1.165) is 25.0 Å². The first kappa shape index (κ1) is 15.8. The predicted molar refractivity (Wildman–Crippen MR) is 69.1 cm³/mol. The molecule has 0 unspecified atom stereocenters. The smallest absolute Gasteiger partial charge is 0.318 e. The highest BCUT2D eigenvalue weighted by atomic mass is 32.2. The Bertz CT molecular complexity index is 620. The molecule has 1 aromatic rings. The van der Waals surface area contributed by atoms with Crippen LogP contribution in [-0.2, 0) is 14.8 Å². The Morgan fingerprint density at radius 3 is 2.10 bits per heavy atom. The maximum atomic E-state index is 12.2. The van der Waals surface area contributed by atoms with E-state index in [-0.39, 0.29) is 10.6 Å². The molecule has 1 aliphatic rings. The monoisotopic (exact) mass is 322 g/mol. The molecule has 0 saturated carbocycles. The number of carbonyl (C=O) groups is 1. The number of benzene rings is 1. The second-order valence-corrected chi connectivity index (χ2v) is 6.53. The van der Waals surface area contributed by atoms with Crippen LogP contribution in [0.25, 0.3) is 0 Å². The molecule has 0 radical (unpaired) electrons. The van der Waals surface area contributed by atoms with Crippen LogP contribution in [0.2, 0.25) is 0 Å². The Kier molecular flexibility index (Phi) is 4.24. The Morgan fingerprint density at radius 1 is 1.10 bits per heavy atom. The normalized spacial score (nSPS) is 16.9.